The van der Waals surface area contributed by atoms with Gasteiger partial charge in [-0.25, -0.2) is 0 Å². The number of carbonyl (C=O) groups is 1. The number of unbranched alkanes of at least 4 members (excludes halogenated alkanes) is 32. The van der Waals surface area contributed by atoms with Crippen molar-refractivity contribution >= 4 is 5.91 Å². The van der Waals surface area contributed by atoms with Crippen LogP contribution in [0.15, 0.2) is 24.3 Å². The lowest BCUT2D eigenvalue weighted by Crippen LogP contribution is -2.50. The molecule has 0 aliphatic rings. The van der Waals surface area contributed by atoms with E-state index in [4.69, 9.17) is 0 Å². The molecule has 0 saturated carbocycles. The van der Waals surface area contributed by atoms with E-state index in [2.05, 4.69) is 43.5 Å². The van der Waals surface area contributed by atoms with E-state index in [1.54, 1.807) is 0 Å². The van der Waals surface area contributed by atoms with Crippen LogP contribution in [0.4, 0.5) is 0 Å². The maximum Gasteiger partial charge on any atom is 0.220 e. The summed E-state index contributed by atoms with van der Waals surface area (Å²) in [7, 11) is 0. The molecule has 3 atom stereocenters. The summed E-state index contributed by atoms with van der Waals surface area (Å²) in [6, 6.07) is -0.827. The van der Waals surface area contributed by atoms with Gasteiger partial charge in [0.05, 0.1) is 18.8 Å². The number of aliphatic hydroxyl groups excluding tert-OH is 3. The second-order valence-electron chi connectivity index (χ2n) is 16.7. The van der Waals surface area contributed by atoms with Crippen LogP contribution in [0.25, 0.3) is 0 Å². The molecule has 0 heterocycles. The molecule has 0 aliphatic carbocycles. The number of nitrogens with one attached hydrogen (secondary N) is 1. The van der Waals surface area contributed by atoms with Gasteiger partial charge in [0, 0.05) is 6.42 Å². The van der Waals surface area contributed by atoms with Gasteiger partial charge in [-0.2, -0.15) is 0 Å². The van der Waals surface area contributed by atoms with Gasteiger partial charge in [0.15, 0.2) is 0 Å². The molecule has 0 aromatic carbocycles. The molecule has 0 bridgehead atoms. The zero-order valence-electron chi connectivity index (χ0n) is 36.4. The quantitative estimate of drug-likeness (QED) is 0.0368. The summed E-state index contributed by atoms with van der Waals surface area (Å²) in [6.45, 7) is 4.18. The molecule has 0 radical (unpaired) electrons. The second kappa shape index (κ2) is 44.5. The minimum absolute atomic E-state index is 0.156. The van der Waals surface area contributed by atoms with Crippen LogP contribution in [0.3, 0.4) is 0 Å². The molecular formula is C49H95NO4. The summed E-state index contributed by atoms with van der Waals surface area (Å²) in [4.78, 5) is 12.4. The lowest BCUT2D eigenvalue weighted by molar-refractivity contribution is -0.124. The number of hydrogen-bond donors (Lipinski definition) is 4. The molecule has 4 N–H and O–H groups in total. The minimum atomic E-state index is -1.16. The van der Waals surface area contributed by atoms with Crippen molar-refractivity contribution in [3.63, 3.8) is 0 Å². The molecule has 3 unspecified atom stereocenters. The monoisotopic (exact) mass is 762 g/mol. The smallest absolute Gasteiger partial charge is 0.220 e. The second-order valence-corrected chi connectivity index (χ2v) is 16.7. The maximum absolute atomic E-state index is 12.4. The van der Waals surface area contributed by atoms with Gasteiger partial charge in [0.2, 0.25) is 5.91 Å². The van der Waals surface area contributed by atoms with Crippen LogP contribution < -0.4 is 5.32 Å². The first-order valence-electron chi connectivity index (χ1n) is 24.1. The Labute approximate surface area is 337 Å². The SMILES string of the molecule is CCCCCCCCCC/C=C\CCCCCCCCCC(=O)NC(CO)C(O)C(O)CCC/C=C/CCCCCCCCCCCCCCCCCC. The van der Waals surface area contributed by atoms with E-state index < -0.39 is 18.2 Å². The van der Waals surface area contributed by atoms with Gasteiger partial charge in [0.1, 0.15) is 6.10 Å². The number of rotatable bonds is 44. The van der Waals surface area contributed by atoms with Crippen LogP contribution in [0.1, 0.15) is 258 Å². The van der Waals surface area contributed by atoms with Gasteiger partial charge < -0.3 is 20.6 Å². The molecule has 5 heteroatoms. The molecule has 0 aromatic rings. The average Bonchev–Trinajstić information content (AvgIpc) is 3.18. The Bertz CT molecular complexity index is 799. The molecule has 0 aliphatic heterocycles. The third-order valence-electron chi connectivity index (χ3n) is 11.3. The lowest BCUT2D eigenvalue weighted by atomic mass is 10.0. The number of carbonyl (C=O) groups excluding carboxylic acids is 1. The topological polar surface area (TPSA) is 89.8 Å². The standard InChI is InChI=1S/C49H95NO4/c1-3-5-7-9-11-13-15-17-19-21-23-24-26-27-29-31-33-35-37-39-41-43-47(52)49(54)46(45-51)50-48(53)44-42-40-38-36-34-32-30-28-25-22-20-18-16-14-12-10-8-6-4-2/h22,25,35,37,46-47,49,51-52,54H,3-21,23-24,26-34,36,38-45H2,1-2H3,(H,50,53)/b25-22-,37-35+. The average molecular weight is 762 g/mol. The van der Waals surface area contributed by atoms with E-state index >= 15 is 0 Å². The third-order valence-corrected chi connectivity index (χ3v) is 11.3. The highest BCUT2D eigenvalue weighted by atomic mass is 16.3. The summed E-state index contributed by atoms with van der Waals surface area (Å²) in [6.07, 6.45) is 54.4. The van der Waals surface area contributed by atoms with Gasteiger partial charge in [-0.1, -0.05) is 212 Å². The Hall–Kier alpha value is -1.17. The zero-order chi connectivity index (χ0) is 39.4. The van der Waals surface area contributed by atoms with Crippen molar-refractivity contribution in [3.8, 4) is 0 Å². The molecule has 54 heavy (non-hydrogen) atoms. The van der Waals surface area contributed by atoms with Crippen molar-refractivity contribution in [1.82, 2.24) is 5.32 Å². The largest absolute Gasteiger partial charge is 0.394 e. The lowest BCUT2D eigenvalue weighted by Gasteiger charge is -2.26. The van der Waals surface area contributed by atoms with E-state index in [0.29, 0.717) is 12.8 Å². The number of allylic oxidation sites excluding steroid dienone is 4. The summed E-state index contributed by atoms with van der Waals surface area (Å²) in [5.41, 5.74) is 0. The van der Waals surface area contributed by atoms with Crippen molar-refractivity contribution in [2.45, 2.75) is 276 Å². The Morgan fingerprint density at radius 2 is 0.741 bits per heavy atom. The molecular weight excluding hydrogens is 667 g/mol. The summed E-state index contributed by atoms with van der Waals surface area (Å²) >= 11 is 0. The van der Waals surface area contributed by atoms with E-state index in [1.807, 2.05) is 0 Å². The summed E-state index contributed by atoms with van der Waals surface area (Å²) in [5.74, 6) is -0.156. The Morgan fingerprint density at radius 1 is 0.444 bits per heavy atom. The normalized spacial score (nSPS) is 13.6. The highest BCUT2D eigenvalue weighted by molar-refractivity contribution is 5.76. The summed E-state index contributed by atoms with van der Waals surface area (Å²) in [5, 5.41) is 33.6. The molecule has 0 saturated heterocycles. The fourth-order valence-electron chi connectivity index (χ4n) is 7.51. The van der Waals surface area contributed by atoms with Crippen molar-refractivity contribution < 1.29 is 20.1 Å². The molecule has 0 spiro atoms. The fourth-order valence-corrected chi connectivity index (χ4v) is 7.51. The fraction of sp³-hybridized carbons (Fsp3) is 0.898. The van der Waals surface area contributed by atoms with Gasteiger partial charge in [-0.3, -0.25) is 4.79 Å². The first-order chi connectivity index (χ1) is 26.6. The number of hydrogen-bond acceptors (Lipinski definition) is 4. The number of amides is 1. The van der Waals surface area contributed by atoms with Gasteiger partial charge in [-0.15, -0.1) is 0 Å². The van der Waals surface area contributed by atoms with Crippen LogP contribution >= 0.6 is 0 Å². The van der Waals surface area contributed by atoms with Crippen molar-refractivity contribution in [3.05, 3.63) is 24.3 Å². The van der Waals surface area contributed by atoms with Gasteiger partial charge >= 0.3 is 0 Å². The zero-order valence-corrected chi connectivity index (χ0v) is 36.4. The maximum atomic E-state index is 12.4. The predicted molar refractivity (Wildman–Crippen MR) is 236 cm³/mol. The van der Waals surface area contributed by atoms with Crippen molar-refractivity contribution in [1.29, 1.82) is 0 Å². The highest BCUT2D eigenvalue weighted by Gasteiger charge is 2.26. The first kappa shape index (κ1) is 52.8. The summed E-state index contributed by atoms with van der Waals surface area (Å²) < 4.78 is 0. The van der Waals surface area contributed by atoms with Crippen LogP contribution in [-0.4, -0.2) is 46.1 Å². The molecule has 320 valence electrons. The van der Waals surface area contributed by atoms with Crippen molar-refractivity contribution in [2.75, 3.05) is 6.61 Å². The number of aliphatic hydroxyl groups is 3. The molecule has 0 rings (SSSR count). The third kappa shape index (κ3) is 39.1. The van der Waals surface area contributed by atoms with Gasteiger partial charge in [0.25, 0.3) is 0 Å². The van der Waals surface area contributed by atoms with Crippen LogP contribution in [-0.2, 0) is 4.79 Å². The Morgan fingerprint density at radius 3 is 1.07 bits per heavy atom. The molecule has 5 nitrogen and oxygen atoms in total. The van der Waals surface area contributed by atoms with Crippen molar-refractivity contribution in [2.24, 2.45) is 0 Å². The molecule has 1 amide bonds. The van der Waals surface area contributed by atoms with Crippen LogP contribution in [0, 0.1) is 0 Å². The van der Waals surface area contributed by atoms with E-state index in [1.165, 1.54) is 193 Å². The Kier molecular flexibility index (Phi) is 43.6. The highest BCUT2D eigenvalue weighted by Crippen LogP contribution is 2.16. The van der Waals surface area contributed by atoms with Crippen LogP contribution in [0.2, 0.25) is 0 Å². The van der Waals surface area contributed by atoms with Crippen LogP contribution in [0.5, 0.6) is 0 Å². The Balaban J connectivity index is 3.63. The first-order valence-corrected chi connectivity index (χ1v) is 24.1. The van der Waals surface area contributed by atoms with E-state index in [0.717, 1.165) is 38.5 Å². The van der Waals surface area contributed by atoms with E-state index in [-0.39, 0.29) is 12.5 Å². The van der Waals surface area contributed by atoms with E-state index in [9.17, 15) is 20.1 Å². The molecule has 0 fully saturated rings. The minimum Gasteiger partial charge on any atom is -0.394 e. The molecule has 0 aromatic heterocycles. The van der Waals surface area contributed by atoms with Gasteiger partial charge in [-0.05, 0) is 64.2 Å². The predicted octanol–water partition coefficient (Wildman–Crippen LogP) is 14.2.